The van der Waals surface area contributed by atoms with Crippen LogP contribution in [0.1, 0.15) is 45.6 Å². The second-order valence-corrected chi connectivity index (χ2v) is 11.4. The lowest BCUT2D eigenvalue weighted by molar-refractivity contribution is 0.0527. The predicted octanol–water partition coefficient (Wildman–Crippen LogP) is 5.16. The van der Waals surface area contributed by atoms with Crippen LogP contribution in [0.5, 0.6) is 0 Å². The second kappa shape index (κ2) is 12.1. The lowest BCUT2D eigenvalue weighted by atomic mass is 10.1. The number of aromatic nitrogens is 1. The van der Waals surface area contributed by atoms with Gasteiger partial charge in [0.15, 0.2) is 0 Å². The van der Waals surface area contributed by atoms with Crippen LogP contribution in [-0.4, -0.2) is 49.0 Å². The smallest absolute Gasteiger partial charge is 0.407 e. The summed E-state index contributed by atoms with van der Waals surface area (Å²) in [6.45, 7) is 6.43. The third kappa shape index (κ3) is 8.04. The molecule has 0 aliphatic carbocycles. The standard InChI is InChI=1S/C27H35N3O4S/c1-27(2,3)34-26(31)29-17-10-20-30(19-8-7-13-22-11-5-4-6-12-22)35(32,33)25-15-9-14-23-21-28-18-16-24(23)25/h4-6,9,11-12,14-16,18,21H,7-8,10,13,17,19-20H2,1-3H3,(H,29,31). The van der Waals surface area contributed by atoms with Crippen molar-refractivity contribution in [2.45, 2.75) is 57.0 Å². The number of hydrogen-bond donors (Lipinski definition) is 1. The maximum atomic E-state index is 13.7. The maximum absolute atomic E-state index is 13.7. The summed E-state index contributed by atoms with van der Waals surface area (Å²) < 4.78 is 34.2. The molecule has 188 valence electrons. The van der Waals surface area contributed by atoms with Gasteiger partial charge in [0.05, 0.1) is 4.90 Å². The Hall–Kier alpha value is -2.97. The number of aryl methyl sites for hydroxylation is 1. The van der Waals surface area contributed by atoms with Crippen LogP contribution in [0.2, 0.25) is 0 Å². The van der Waals surface area contributed by atoms with Crippen LogP contribution in [0, 0.1) is 0 Å². The van der Waals surface area contributed by atoms with Gasteiger partial charge in [-0.3, -0.25) is 4.98 Å². The summed E-state index contributed by atoms with van der Waals surface area (Å²) in [5.41, 5.74) is 0.659. The lowest BCUT2D eigenvalue weighted by Crippen LogP contribution is -2.37. The van der Waals surface area contributed by atoms with Crippen molar-refractivity contribution < 1.29 is 17.9 Å². The van der Waals surface area contributed by atoms with Crippen LogP contribution in [0.3, 0.4) is 0 Å². The Labute approximate surface area is 208 Å². The SMILES string of the molecule is CC(C)(C)OC(=O)NCCCN(CCCCc1ccccc1)S(=O)(=O)c1cccc2cnccc12. The molecule has 0 saturated carbocycles. The third-order valence-electron chi connectivity index (χ3n) is 5.48. The first kappa shape index (κ1) is 26.6. The Morgan fingerprint density at radius 2 is 1.71 bits per heavy atom. The molecule has 0 aliphatic rings. The van der Waals surface area contributed by atoms with Crippen molar-refractivity contribution in [2.24, 2.45) is 0 Å². The lowest BCUT2D eigenvalue weighted by Gasteiger charge is -2.24. The molecular weight excluding hydrogens is 462 g/mol. The van der Waals surface area contributed by atoms with E-state index in [4.69, 9.17) is 4.74 Å². The van der Waals surface area contributed by atoms with Gasteiger partial charge in [0.25, 0.3) is 0 Å². The van der Waals surface area contributed by atoms with Crippen molar-refractivity contribution in [3.05, 3.63) is 72.6 Å². The number of carbonyl (C=O) groups excluding carboxylic acids is 1. The molecule has 0 radical (unpaired) electrons. The van der Waals surface area contributed by atoms with Crippen molar-refractivity contribution >= 4 is 26.9 Å². The molecular formula is C27H35N3O4S. The highest BCUT2D eigenvalue weighted by atomic mass is 32.2. The van der Waals surface area contributed by atoms with Crippen LogP contribution in [0.4, 0.5) is 4.79 Å². The van der Waals surface area contributed by atoms with E-state index >= 15 is 0 Å². The number of nitrogens with zero attached hydrogens (tertiary/aromatic N) is 2. The Balaban J connectivity index is 1.69. The number of sulfonamides is 1. The van der Waals surface area contributed by atoms with E-state index < -0.39 is 21.7 Å². The van der Waals surface area contributed by atoms with Crippen LogP contribution < -0.4 is 5.32 Å². The van der Waals surface area contributed by atoms with E-state index in [-0.39, 0.29) is 4.90 Å². The Bertz CT molecular complexity index is 1200. The molecule has 0 atom stereocenters. The molecule has 1 N–H and O–H groups in total. The number of alkyl carbamates (subject to hydrolysis) is 1. The highest BCUT2D eigenvalue weighted by molar-refractivity contribution is 7.89. The molecule has 2 aromatic carbocycles. The molecule has 0 bridgehead atoms. The summed E-state index contributed by atoms with van der Waals surface area (Å²) >= 11 is 0. The quantitative estimate of drug-likeness (QED) is 0.370. The summed E-state index contributed by atoms with van der Waals surface area (Å²) in [5, 5.41) is 4.15. The molecule has 0 aliphatic heterocycles. The first-order valence-corrected chi connectivity index (χ1v) is 13.4. The van der Waals surface area contributed by atoms with Gasteiger partial charge in [-0.05, 0) is 64.2 Å². The number of benzene rings is 2. The Morgan fingerprint density at radius 3 is 2.46 bits per heavy atom. The number of nitrogens with one attached hydrogen (secondary N) is 1. The summed E-state index contributed by atoms with van der Waals surface area (Å²) in [5.74, 6) is 0. The first-order valence-electron chi connectivity index (χ1n) is 12.0. The summed E-state index contributed by atoms with van der Waals surface area (Å²) in [6, 6.07) is 17.2. The van der Waals surface area contributed by atoms with E-state index in [1.807, 2.05) is 24.3 Å². The van der Waals surface area contributed by atoms with Gasteiger partial charge in [0.1, 0.15) is 5.60 Å². The zero-order chi connectivity index (χ0) is 25.3. The van der Waals surface area contributed by atoms with Crippen LogP contribution >= 0.6 is 0 Å². The highest BCUT2D eigenvalue weighted by Crippen LogP contribution is 2.25. The molecule has 0 unspecified atom stereocenters. The first-order chi connectivity index (χ1) is 16.7. The van der Waals surface area contributed by atoms with Crippen molar-refractivity contribution in [3.63, 3.8) is 0 Å². The number of carbonyl (C=O) groups is 1. The Kier molecular flexibility index (Phi) is 9.23. The van der Waals surface area contributed by atoms with Gasteiger partial charge in [-0.2, -0.15) is 4.31 Å². The van der Waals surface area contributed by atoms with Gasteiger partial charge < -0.3 is 10.1 Å². The normalized spacial score (nSPS) is 12.1. The number of fused-ring (bicyclic) bond motifs is 1. The average molecular weight is 498 g/mol. The molecule has 1 aromatic heterocycles. The highest BCUT2D eigenvalue weighted by Gasteiger charge is 2.26. The summed E-state index contributed by atoms with van der Waals surface area (Å²) in [6.07, 6.45) is 5.76. The third-order valence-corrected chi connectivity index (χ3v) is 7.43. The van der Waals surface area contributed by atoms with Crippen molar-refractivity contribution in [2.75, 3.05) is 19.6 Å². The zero-order valence-electron chi connectivity index (χ0n) is 20.7. The van der Waals surface area contributed by atoms with E-state index in [2.05, 4.69) is 22.4 Å². The van der Waals surface area contributed by atoms with Crippen molar-refractivity contribution in [1.82, 2.24) is 14.6 Å². The van der Waals surface area contributed by atoms with E-state index in [1.165, 1.54) is 9.87 Å². The minimum atomic E-state index is -3.74. The Morgan fingerprint density at radius 1 is 0.971 bits per heavy atom. The topological polar surface area (TPSA) is 88.6 Å². The van der Waals surface area contributed by atoms with E-state index in [0.717, 1.165) is 24.6 Å². The van der Waals surface area contributed by atoms with Gasteiger partial charge >= 0.3 is 6.09 Å². The summed E-state index contributed by atoms with van der Waals surface area (Å²) in [7, 11) is -3.74. The molecule has 8 heteroatoms. The molecule has 3 rings (SSSR count). The monoisotopic (exact) mass is 497 g/mol. The number of ether oxygens (including phenoxy) is 1. The predicted molar refractivity (Wildman–Crippen MR) is 139 cm³/mol. The van der Waals surface area contributed by atoms with Crippen molar-refractivity contribution in [1.29, 1.82) is 0 Å². The largest absolute Gasteiger partial charge is 0.444 e. The minimum absolute atomic E-state index is 0.278. The molecule has 0 saturated heterocycles. The molecule has 1 heterocycles. The van der Waals surface area contributed by atoms with Gasteiger partial charge in [-0.1, -0.05) is 42.5 Å². The molecule has 7 nitrogen and oxygen atoms in total. The maximum Gasteiger partial charge on any atom is 0.407 e. The van der Waals surface area contributed by atoms with E-state index in [0.29, 0.717) is 31.4 Å². The number of rotatable bonds is 11. The number of hydrogen-bond acceptors (Lipinski definition) is 5. The van der Waals surface area contributed by atoms with Crippen LogP contribution in [0.25, 0.3) is 10.8 Å². The second-order valence-electron chi connectivity index (χ2n) is 9.48. The number of pyridine rings is 1. The fraction of sp³-hybridized carbons (Fsp3) is 0.407. The van der Waals surface area contributed by atoms with Gasteiger partial charge in [0.2, 0.25) is 10.0 Å². The van der Waals surface area contributed by atoms with Gasteiger partial charge in [-0.25, -0.2) is 13.2 Å². The van der Waals surface area contributed by atoms with E-state index in [1.54, 1.807) is 51.4 Å². The average Bonchev–Trinajstić information content (AvgIpc) is 2.82. The molecule has 0 fully saturated rings. The fourth-order valence-electron chi connectivity index (χ4n) is 3.83. The fourth-order valence-corrected chi connectivity index (χ4v) is 5.56. The molecule has 1 amide bonds. The van der Waals surface area contributed by atoms with Crippen molar-refractivity contribution in [3.8, 4) is 0 Å². The van der Waals surface area contributed by atoms with Crippen LogP contribution in [-0.2, 0) is 21.2 Å². The molecule has 0 spiro atoms. The number of unbranched alkanes of at least 4 members (excludes halogenated alkanes) is 1. The molecule has 3 aromatic rings. The van der Waals surface area contributed by atoms with E-state index in [9.17, 15) is 13.2 Å². The van der Waals surface area contributed by atoms with Gasteiger partial charge in [-0.15, -0.1) is 0 Å². The zero-order valence-corrected chi connectivity index (χ0v) is 21.6. The molecule has 35 heavy (non-hydrogen) atoms. The van der Waals surface area contributed by atoms with Crippen LogP contribution in [0.15, 0.2) is 71.9 Å². The van der Waals surface area contributed by atoms with Gasteiger partial charge in [0, 0.05) is 42.8 Å². The minimum Gasteiger partial charge on any atom is -0.444 e. The number of amides is 1. The summed E-state index contributed by atoms with van der Waals surface area (Å²) in [4.78, 5) is 16.3.